The Hall–Kier alpha value is -3.06. The summed E-state index contributed by atoms with van der Waals surface area (Å²) in [6, 6.07) is 12.8. The number of methoxy groups -OCH3 is 1. The zero-order valence-corrected chi connectivity index (χ0v) is 14.3. The summed E-state index contributed by atoms with van der Waals surface area (Å²) in [4.78, 5) is 25.0. The molecule has 2 aromatic carbocycles. The van der Waals surface area contributed by atoms with Crippen LogP contribution in [-0.2, 0) is 9.53 Å². The Bertz CT molecular complexity index is 902. The van der Waals surface area contributed by atoms with Crippen LogP contribution in [0, 0.1) is 18.8 Å². The van der Waals surface area contributed by atoms with Gasteiger partial charge >= 0.3 is 5.97 Å². The van der Waals surface area contributed by atoms with Crippen molar-refractivity contribution in [3.63, 3.8) is 0 Å². The van der Waals surface area contributed by atoms with Crippen LogP contribution in [0.4, 0.5) is 0 Å². The quantitative estimate of drug-likeness (QED) is 0.489. The summed E-state index contributed by atoms with van der Waals surface area (Å²) in [7, 11) is 1.56. The summed E-state index contributed by atoms with van der Waals surface area (Å²) >= 11 is 0. The molecular formula is C21H18O4. The predicted octanol–water partition coefficient (Wildman–Crippen LogP) is 3.59. The van der Waals surface area contributed by atoms with Gasteiger partial charge in [0.2, 0.25) is 0 Å². The van der Waals surface area contributed by atoms with Crippen molar-refractivity contribution in [3.05, 3.63) is 64.7 Å². The molecule has 2 atom stereocenters. The molecule has 1 aliphatic rings. The van der Waals surface area contributed by atoms with E-state index in [0.29, 0.717) is 22.4 Å². The Morgan fingerprint density at radius 2 is 1.88 bits per heavy atom. The van der Waals surface area contributed by atoms with Gasteiger partial charge in [-0.05, 0) is 25.5 Å². The van der Waals surface area contributed by atoms with Gasteiger partial charge in [-0.1, -0.05) is 42.3 Å². The summed E-state index contributed by atoms with van der Waals surface area (Å²) in [5.74, 6) is 4.13. The van der Waals surface area contributed by atoms with E-state index in [-0.39, 0.29) is 5.78 Å². The Balaban J connectivity index is 2.12. The second-order valence-corrected chi connectivity index (χ2v) is 5.88. The predicted molar refractivity (Wildman–Crippen MR) is 93.5 cm³/mol. The highest BCUT2D eigenvalue weighted by molar-refractivity contribution is 6.06. The van der Waals surface area contributed by atoms with Crippen molar-refractivity contribution in [2.45, 2.75) is 25.9 Å². The van der Waals surface area contributed by atoms with Crippen molar-refractivity contribution in [3.8, 4) is 17.6 Å². The fourth-order valence-corrected chi connectivity index (χ4v) is 3.21. The van der Waals surface area contributed by atoms with E-state index in [2.05, 4.69) is 11.8 Å². The van der Waals surface area contributed by atoms with Crippen LogP contribution in [0.15, 0.2) is 42.5 Å². The average Bonchev–Trinajstić information content (AvgIpc) is 2.88. The molecule has 0 heterocycles. The molecule has 0 saturated carbocycles. The van der Waals surface area contributed by atoms with Gasteiger partial charge in [0.1, 0.15) is 11.9 Å². The van der Waals surface area contributed by atoms with Crippen molar-refractivity contribution >= 4 is 11.8 Å². The molecule has 2 aromatic rings. The number of rotatable bonds is 3. The van der Waals surface area contributed by atoms with Crippen LogP contribution in [0.5, 0.6) is 5.75 Å². The van der Waals surface area contributed by atoms with Crippen LogP contribution in [0.25, 0.3) is 0 Å². The van der Waals surface area contributed by atoms with Crippen molar-refractivity contribution in [2.75, 3.05) is 7.11 Å². The Kier molecular flexibility index (Phi) is 4.58. The summed E-state index contributed by atoms with van der Waals surface area (Å²) in [5, 5.41) is 0. The average molecular weight is 334 g/mol. The van der Waals surface area contributed by atoms with Gasteiger partial charge in [-0.3, -0.25) is 4.79 Å². The first-order chi connectivity index (χ1) is 12.1. The second kappa shape index (κ2) is 6.82. The van der Waals surface area contributed by atoms with Crippen molar-refractivity contribution in [1.29, 1.82) is 0 Å². The minimum absolute atomic E-state index is 0.0833. The maximum Gasteiger partial charge on any atom is 0.384 e. The summed E-state index contributed by atoms with van der Waals surface area (Å²) in [6.07, 6.45) is -0.714. The first-order valence-corrected chi connectivity index (χ1v) is 7.98. The number of ether oxygens (including phenoxy) is 2. The van der Waals surface area contributed by atoms with Gasteiger partial charge in [-0.25, -0.2) is 4.79 Å². The molecule has 0 aromatic heterocycles. The number of carbonyl (C=O) groups is 2. The third kappa shape index (κ3) is 3.01. The van der Waals surface area contributed by atoms with E-state index in [4.69, 9.17) is 9.47 Å². The number of esters is 1. The van der Waals surface area contributed by atoms with Crippen LogP contribution in [0.2, 0.25) is 0 Å². The second-order valence-electron chi connectivity index (χ2n) is 5.88. The Morgan fingerprint density at radius 3 is 2.60 bits per heavy atom. The standard InChI is InChI=1S/C21H18O4/c1-4-7-18(22)25-21-15-9-6-5-8-14(15)20(23)19(21)16-11-10-13(2)12-17(16)24-3/h5-6,8-12,19,21H,1-3H3. The Morgan fingerprint density at radius 1 is 1.12 bits per heavy atom. The number of Topliss-reactive ketones (excluding diaryl/α,β-unsaturated/α-hetero) is 1. The topological polar surface area (TPSA) is 52.6 Å². The molecule has 4 nitrogen and oxygen atoms in total. The lowest BCUT2D eigenvalue weighted by Gasteiger charge is -2.21. The zero-order chi connectivity index (χ0) is 18.0. The summed E-state index contributed by atoms with van der Waals surface area (Å²) in [5.41, 5.74) is 2.99. The van der Waals surface area contributed by atoms with Crippen LogP contribution >= 0.6 is 0 Å². The molecule has 0 bridgehead atoms. The molecule has 0 saturated heterocycles. The SMILES string of the molecule is CC#CC(=O)OC1c2ccccc2C(=O)C1c1ccc(C)cc1OC. The third-order valence-electron chi connectivity index (χ3n) is 4.30. The molecule has 0 amide bonds. The number of hydrogen-bond donors (Lipinski definition) is 0. The van der Waals surface area contributed by atoms with Gasteiger partial charge in [0.15, 0.2) is 5.78 Å². The van der Waals surface area contributed by atoms with Crippen LogP contribution in [0.3, 0.4) is 0 Å². The smallest absolute Gasteiger partial charge is 0.384 e. The van der Waals surface area contributed by atoms with Crippen molar-refractivity contribution in [2.24, 2.45) is 0 Å². The van der Waals surface area contributed by atoms with Gasteiger partial charge in [-0.2, -0.15) is 0 Å². The van der Waals surface area contributed by atoms with Gasteiger partial charge in [0, 0.05) is 22.6 Å². The van der Waals surface area contributed by atoms with Crippen LogP contribution in [-0.4, -0.2) is 18.9 Å². The molecule has 0 N–H and O–H groups in total. The molecule has 0 fully saturated rings. The van der Waals surface area contributed by atoms with Crippen molar-refractivity contribution in [1.82, 2.24) is 0 Å². The van der Waals surface area contributed by atoms with E-state index in [9.17, 15) is 9.59 Å². The molecule has 4 heteroatoms. The number of hydrogen-bond acceptors (Lipinski definition) is 4. The lowest BCUT2D eigenvalue weighted by molar-refractivity contribution is -0.142. The summed E-state index contributed by atoms with van der Waals surface area (Å²) in [6.45, 7) is 3.52. The highest BCUT2D eigenvalue weighted by Crippen LogP contribution is 2.47. The number of fused-ring (bicyclic) bond motifs is 1. The maximum absolute atomic E-state index is 13.0. The first-order valence-electron chi connectivity index (χ1n) is 7.98. The van der Waals surface area contributed by atoms with E-state index in [1.807, 2.05) is 37.3 Å². The normalized spacial score (nSPS) is 18.1. The van der Waals surface area contributed by atoms with Crippen LogP contribution < -0.4 is 4.74 Å². The van der Waals surface area contributed by atoms with Gasteiger partial charge in [0.25, 0.3) is 0 Å². The lowest BCUT2D eigenvalue weighted by atomic mass is 9.91. The zero-order valence-electron chi connectivity index (χ0n) is 14.3. The largest absolute Gasteiger partial charge is 0.496 e. The number of benzene rings is 2. The monoisotopic (exact) mass is 334 g/mol. The lowest BCUT2D eigenvalue weighted by Crippen LogP contribution is -2.18. The van der Waals surface area contributed by atoms with E-state index in [0.717, 1.165) is 5.56 Å². The highest BCUT2D eigenvalue weighted by Gasteiger charge is 2.44. The third-order valence-corrected chi connectivity index (χ3v) is 4.30. The minimum Gasteiger partial charge on any atom is -0.496 e. The van der Waals surface area contributed by atoms with E-state index >= 15 is 0 Å². The molecule has 25 heavy (non-hydrogen) atoms. The van der Waals surface area contributed by atoms with Gasteiger partial charge in [-0.15, -0.1) is 0 Å². The highest BCUT2D eigenvalue weighted by atomic mass is 16.5. The molecule has 0 aliphatic heterocycles. The molecule has 126 valence electrons. The van der Waals surface area contributed by atoms with E-state index in [1.54, 1.807) is 26.2 Å². The number of aryl methyl sites for hydroxylation is 1. The van der Waals surface area contributed by atoms with Gasteiger partial charge < -0.3 is 9.47 Å². The Labute approximate surface area is 146 Å². The minimum atomic E-state index is -0.714. The maximum atomic E-state index is 13.0. The van der Waals surface area contributed by atoms with E-state index in [1.165, 1.54) is 0 Å². The van der Waals surface area contributed by atoms with E-state index < -0.39 is 18.0 Å². The molecule has 1 aliphatic carbocycles. The molecule has 3 rings (SSSR count). The van der Waals surface area contributed by atoms with Crippen molar-refractivity contribution < 1.29 is 19.1 Å². The number of ketones is 1. The molecule has 2 unspecified atom stereocenters. The van der Waals surface area contributed by atoms with Crippen LogP contribution in [0.1, 0.15) is 46.0 Å². The summed E-state index contributed by atoms with van der Waals surface area (Å²) < 4.78 is 11.0. The van der Waals surface area contributed by atoms with Gasteiger partial charge in [0.05, 0.1) is 13.0 Å². The fourth-order valence-electron chi connectivity index (χ4n) is 3.21. The molecule has 0 radical (unpaired) electrons. The number of carbonyl (C=O) groups excluding carboxylic acids is 2. The first kappa shape index (κ1) is 16.8. The fraction of sp³-hybridized carbons (Fsp3) is 0.238. The molecular weight excluding hydrogens is 316 g/mol. The molecule has 0 spiro atoms.